The second kappa shape index (κ2) is 6.65. The van der Waals surface area contributed by atoms with Crippen molar-refractivity contribution >= 4 is 26.7 Å². The first kappa shape index (κ1) is 14.0. The fraction of sp³-hybridized carbons (Fsp3) is 0.133. The molecule has 0 aliphatic heterocycles. The molecule has 0 amide bonds. The maximum Gasteiger partial charge on any atom is 0.0773 e. The van der Waals surface area contributed by atoms with Gasteiger partial charge in [-0.3, -0.25) is 4.21 Å². The molecule has 0 aliphatic carbocycles. The molecule has 2 nitrogen and oxygen atoms in total. The van der Waals surface area contributed by atoms with E-state index in [1.165, 1.54) is 0 Å². The molecule has 4 heteroatoms. The highest BCUT2D eigenvalue weighted by Gasteiger charge is 2.20. The lowest BCUT2D eigenvalue weighted by atomic mass is 10.1. The van der Waals surface area contributed by atoms with Crippen LogP contribution >= 0.6 is 15.9 Å². The monoisotopic (exact) mass is 333 g/mol. The summed E-state index contributed by atoms with van der Waals surface area (Å²) in [6.07, 6.45) is 0.243. The topological polar surface area (TPSA) is 40.9 Å². The van der Waals surface area contributed by atoms with Gasteiger partial charge in [0.25, 0.3) is 0 Å². The van der Waals surface area contributed by atoms with Gasteiger partial charge >= 0.3 is 0 Å². The van der Waals surface area contributed by atoms with Crippen LogP contribution in [0, 0.1) is 11.3 Å². The van der Waals surface area contributed by atoms with Crippen LogP contribution in [0.25, 0.3) is 0 Å². The number of benzene rings is 2. The van der Waals surface area contributed by atoms with Crippen molar-refractivity contribution in [2.24, 2.45) is 0 Å². The maximum atomic E-state index is 12.6. The molecule has 0 radical (unpaired) electrons. The lowest BCUT2D eigenvalue weighted by Gasteiger charge is -2.14. The van der Waals surface area contributed by atoms with E-state index in [1.54, 1.807) is 0 Å². The average Bonchev–Trinajstić information content (AvgIpc) is 2.46. The van der Waals surface area contributed by atoms with E-state index in [4.69, 9.17) is 5.26 Å². The Kier molecular flexibility index (Phi) is 4.89. The molecule has 96 valence electrons. The summed E-state index contributed by atoms with van der Waals surface area (Å²) in [7, 11) is -1.22. The molecule has 0 bridgehead atoms. The lowest BCUT2D eigenvalue weighted by Crippen LogP contribution is -2.06. The van der Waals surface area contributed by atoms with Gasteiger partial charge in [-0.15, -0.1) is 0 Å². The van der Waals surface area contributed by atoms with E-state index in [2.05, 4.69) is 22.0 Å². The summed E-state index contributed by atoms with van der Waals surface area (Å²) in [6, 6.07) is 19.1. The predicted octanol–water partition coefficient (Wildman–Crippen LogP) is 4.21. The fourth-order valence-electron chi connectivity index (χ4n) is 1.80. The van der Waals surface area contributed by atoms with Crippen molar-refractivity contribution in [2.75, 3.05) is 0 Å². The summed E-state index contributed by atoms with van der Waals surface area (Å²) >= 11 is 3.36. The Morgan fingerprint density at radius 1 is 1.11 bits per heavy atom. The highest BCUT2D eigenvalue weighted by atomic mass is 79.9. The third-order valence-electron chi connectivity index (χ3n) is 2.75. The third kappa shape index (κ3) is 3.52. The van der Waals surface area contributed by atoms with Crippen molar-refractivity contribution in [1.29, 1.82) is 5.26 Å². The Morgan fingerprint density at radius 2 is 1.74 bits per heavy atom. The molecule has 2 aromatic carbocycles. The molecular formula is C15H12BrNOS. The molecule has 2 unspecified atom stereocenters. The Bertz CT molecular complexity index is 604. The number of nitriles is 1. The zero-order chi connectivity index (χ0) is 13.7. The van der Waals surface area contributed by atoms with Crippen LogP contribution in [-0.2, 0) is 10.8 Å². The van der Waals surface area contributed by atoms with E-state index in [1.807, 2.05) is 54.6 Å². The number of nitrogens with zero attached hydrogens (tertiary/aromatic N) is 1. The fourth-order valence-corrected chi connectivity index (χ4v) is 3.43. The average molecular weight is 334 g/mol. The first-order chi connectivity index (χ1) is 9.22. The third-order valence-corrected chi connectivity index (χ3v) is 4.97. The zero-order valence-corrected chi connectivity index (χ0v) is 12.5. The number of hydrogen-bond acceptors (Lipinski definition) is 2. The molecular weight excluding hydrogens is 322 g/mol. The van der Waals surface area contributed by atoms with Gasteiger partial charge in [-0.05, 0) is 29.8 Å². The molecule has 0 saturated heterocycles. The van der Waals surface area contributed by atoms with E-state index < -0.39 is 10.8 Å². The summed E-state index contributed by atoms with van der Waals surface area (Å²) in [5, 5.41) is 8.66. The van der Waals surface area contributed by atoms with E-state index in [0.29, 0.717) is 0 Å². The zero-order valence-electron chi connectivity index (χ0n) is 10.1. The Morgan fingerprint density at radius 3 is 2.32 bits per heavy atom. The Balaban J connectivity index is 2.32. The van der Waals surface area contributed by atoms with Gasteiger partial charge in [-0.2, -0.15) is 5.26 Å². The quantitative estimate of drug-likeness (QED) is 0.840. The molecule has 0 saturated carbocycles. The Hall–Kier alpha value is -1.44. The van der Waals surface area contributed by atoms with Crippen molar-refractivity contribution in [3.63, 3.8) is 0 Å². The van der Waals surface area contributed by atoms with E-state index in [-0.39, 0.29) is 11.7 Å². The molecule has 19 heavy (non-hydrogen) atoms. The summed E-state index contributed by atoms with van der Waals surface area (Å²) in [5.41, 5.74) is 0.935. The molecule has 2 atom stereocenters. The second-order valence-corrected chi connectivity index (χ2v) is 6.56. The minimum atomic E-state index is -1.22. The van der Waals surface area contributed by atoms with Gasteiger partial charge in [-0.1, -0.05) is 46.3 Å². The van der Waals surface area contributed by atoms with Gasteiger partial charge in [0, 0.05) is 9.37 Å². The highest BCUT2D eigenvalue weighted by Crippen LogP contribution is 2.28. The van der Waals surface area contributed by atoms with Crippen LogP contribution < -0.4 is 0 Å². The maximum absolute atomic E-state index is 12.6. The molecule has 0 aromatic heterocycles. The number of halogens is 1. The molecule has 2 aromatic rings. The minimum Gasteiger partial charge on any atom is -0.254 e. The normalized spacial score (nSPS) is 13.5. The largest absolute Gasteiger partial charge is 0.254 e. The lowest BCUT2D eigenvalue weighted by molar-refractivity contribution is 0.672. The molecule has 0 aliphatic rings. The summed E-state index contributed by atoms with van der Waals surface area (Å²) in [4.78, 5) is 0.743. The minimum absolute atomic E-state index is 0.243. The van der Waals surface area contributed by atoms with Gasteiger partial charge in [0.1, 0.15) is 0 Å². The standard InChI is InChI=1S/C15H12BrNOS/c16-13-6-8-14(9-7-13)19(18)15(10-11-17)12-4-2-1-3-5-12/h1-9,15H,10H2. The van der Waals surface area contributed by atoms with Crippen LogP contribution in [0.4, 0.5) is 0 Å². The highest BCUT2D eigenvalue weighted by molar-refractivity contribution is 9.10. The smallest absolute Gasteiger partial charge is 0.0773 e. The van der Waals surface area contributed by atoms with Crippen LogP contribution in [-0.4, -0.2) is 4.21 Å². The number of rotatable bonds is 4. The summed E-state index contributed by atoms with van der Waals surface area (Å²) in [5.74, 6) is 0. The first-order valence-corrected chi connectivity index (χ1v) is 7.81. The van der Waals surface area contributed by atoms with Gasteiger partial charge < -0.3 is 0 Å². The predicted molar refractivity (Wildman–Crippen MR) is 80.0 cm³/mol. The van der Waals surface area contributed by atoms with Gasteiger partial charge in [0.05, 0.1) is 28.5 Å². The van der Waals surface area contributed by atoms with E-state index >= 15 is 0 Å². The van der Waals surface area contributed by atoms with Crippen LogP contribution in [0.15, 0.2) is 64.0 Å². The molecule has 0 fully saturated rings. The SMILES string of the molecule is N#CCC(c1ccccc1)S(=O)c1ccc(Br)cc1. The molecule has 0 spiro atoms. The number of hydrogen-bond donors (Lipinski definition) is 0. The molecule has 2 rings (SSSR count). The van der Waals surface area contributed by atoms with Crippen molar-refractivity contribution in [3.8, 4) is 6.07 Å². The van der Waals surface area contributed by atoms with Crippen molar-refractivity contribution in [1.82, 2.24) is 0 Å². The Labute approximate surface area is 123 Å². The van der Waals surface area contributed by atoms with Gasteiger partial charge in [-0.25, -0.2) is 0 Å². The van der Waals surface area contributed by atoms with Crippen LogP contribution in [0.5, 0.6) is 0 Å². The molecule has 0 N–H and O–H groups in total. The van der Waals surface area contributed by atoms with E-state index in [0.717, 1.165) is 14.9 Å². The first-order valence-electron chi connectivity index (χ1n) is 5.80. The van der Waals surface area contributed by atoms with Crippen molar-refractivity contribution in [3.05, 3.63) is 64.6 Å². The van der Waals surface area contributed by atoms with Gasteiger partial charge in [0.2, 0.25) is 0 Å². The van der Waals surface area contributed by atoms with Crippen molar-refractivity contribution in [2.45, 2.75) is 16.6 Å². The second-order valence-electron chi connectivity index (χ2n) is 4.01. The van der Waals surface area contributed by atoms with Crippen LogP contribution in [0.1, 0.15) is 17.2 Å². The molecule has 0 heterocycles. The van der Waals surface area contributed by atoms with Crippen molar-refractivity contribution < 1.29 is 4.21 Å². The van der Waals surface area contributed by atoms with Crippen LogP contribution in [0.2, 0.25) is 0 Å². The van der Waals surface area contributed by atoms with Gasteiger partial charge in [0.15, 0.2) is 0 Å². The van der Waals surface area contributed by atoms with E-state index in [9.17, 15) is 4.21 Å². The van der Waals surface area contributed by atoms with Crippen LogP contribution in [0.3, 0.4) is 0 Å². The summed E-state index contributed by atoms with van der Waals surface area (Å²) in [6.45, 7) is 0. The summed E-state index contributed by atoms with van der Waals surface area (Å²) < 4.78 is 13.5.